The molecular weight excluding hydrogens is 524 g/mol. The van der Waals surface area contributed by atoms with E-state index in [0.29, 0.717) is 42.9 Å². The maximum Gasteiger partial charge on any atom is 0.508 e. The number of hydrogen-bond acceptors (Lipinski definition) is 8. The van der Waals surface area contributed by atoms with E-state index in [1.807, 2.05) is 0 Å². The van der Waals surface area contributed by atoms with Gasteiger partial charge in [-0.05, 0) is 67.1 Å². The van der Waals surface area contributed by atoms with Crippen molar-refractivity contribution < 1.29 is 38.1 Å². The van der Waals surface area contributed by atoms with Crippen molar-refractivity contribution in [3.8, 4) is 0 Å². The Kier molecular flexibility index (Phi) is 9.80. The Hall–Kier alpha value is -2.51. The number of unbranched alkanes of at least 4 members (excludes halogenated alkanes) is 1. The molecule has 0 N–H and O–H groups in total. The highest BCUT2D eigenvalue weighted by Crippen LogP contribution is 2.67. The summed E-state index contributed by atoms with van der Waals surface area (Å²) in [7, 11) is 4.10. The number of carbonyl (C=O) groups excluding carboxylic acids is 3. The van der Waals surface area contributed by atoms with Gasteiger partial charge >= 0.3 is 18.3 Å². The second-order valence-corrected chi connectivity index (χ2v) is 13.2. The monoisotopic (exact) mass is 574 g/mol. The van der Waals surface area contributed by atoms with Gasteiger partial charge in [-0.3, -0.25) is 4.79 Å². The molecule has 0 spiro atoms. The van der Waals surface area contributed by atoms with Crippen molar-refractivity contribution >= 4 is 18.3 Å². The SMILES string of the molecule is CCCC[C@H](CC(=O)OC)[C@H](C)[C@H]1CC[C@H]2C3=CC=C4C[C@@H](OC(=O)OC)C[C@H](OC(=O)OC)[C@]4(C)[C@H]3CC[C@]12C. The Morgan fingerprint density at radius 1 is 0.951 bits per heavy atom. The molecule has 4 rings (SSSR count). The second kappa shape index (κ2) is 12.8. The van der Waals surface area contributed by atoms with Crippen LogP contribution in [0.3, 0.4) is 0 Å². The lowest BCUT2D eigenvalue weighted by Crippen LogP contribution is -2.54. The number of carbonyl (C=O) groups is 3. The van der Waals surface area contributed by atoms with E-state index in [2.05, 4.69) is 39.8 Å². The van der Waals surface area contributed by atoms with Crippen LogP contribution in [0, 0.1) is 40.4 Å². The first-order valence-corrected chi connectivity index (χ1v) is 15.5. The quantitative estimate of drug-likeness (QED) is 0.207. The highest BCUT2D eigenvalue weighted by Gasteiger charge is 2.60. The van der Waals surface area contributed by atoms with Gasteiger partial charge in [-0.2, -0.15) is 0 Å². The number of methoxy groups -OCH3 is 3. The Labute approximate surface area is 245 Å². The summed E-state index contributed by atoms with van der Waals surface area (Å²) < 4.78 is 26.2. The molecule has 4 aliphatic rings. The number of ether oxygens (including phenoxy) is 5. The van der Waals surface area contributed by atoms with E-state index >= 15 is 0 Å². The number of allylic oxidation sites excluding steroid dienone is 3. The van der Waals surface area contributed by atoms with Crippen LogP contribution in [0.4, 0.5) is 9.59 Å². The molecule has 3 fully saturated rings. The molecular formula is C33H50O8. The van der Waals surface area contributed by atoms with Crippen LogP contribution in [-0.4, -0.2) is 51.8 Å². The predicted octanol–water partition coefficient (Wildman–Crippen LogP) is 7.40. The molecule has 0 aromatic rings. The van der Waals surface area contributed by atoms with E-state index in [4.69, 9.17) is 23.7 Å². The molecule has 8 heteroatoms. The molecule has 3 saturated carbocycles. The van der Waals surface area contributed by atoms with E-state index < -0.39 is 29.9 Å². The Morgan fingerprint density at radius 2 is 1.66 bits per heavy atom. The fourth-order valence-electron chi connectivity index (χ4n) is 9.16. The van der Waals surface area contributed by atoms with E-state index in [-0.39, 0.29) is 17.3 Å². The molecule has 0 aromatic carbocycles. The lowest BCUT2D eigenvalue weighted by molar-refractivity contribution is -0.142. The minimum absolute atomic E-state index is 0.106. The molecule has 41 heavy (non-hydrogen) atoms. The first kappa shape index (κ1) is 31.4. The average molecular weight is 575 g/mol. The van der Waals surface area contributed by atoms with Crippen molar-refractivity contribution in [1.29, 1.82) is 0 Å². The summed E-state index contributed by atoms with van der Waals surface area (Å²) in [4.78, 5) is 36.6. The van der Waals surface area contributed by atoms with E-state index in [0.717, 1.165) is 50.5 Å². The summed E-state index contributed by atoms with van der Waals surface area (Å²) >= 11 is 0. The fourth-order valence-corrected chi connectivity index (χ4v) is 9.16. The molecule has 230 valence electrons. The van der Waals surface area contributed by atoms with Crippen LogP contribution in [0.25, 0.3) is 0 Å². The van der Waals surface area contributed by atoms with E-state index in [9.17, 15) is 14.4 Å². The summed E-state index contributed by atoms with van der Waals surface area (Å²) in [6.45, 7) is 9.26. The van der Waals surface area contributed by atoms with Crippen molar-refractivity contribution in [1.82, 2.24) is 0 Å². The van der Waals surface area contributed by atoms with Crippen LogP contribution >= 0.6 is 0 Å². The molecule has 0 radical (unpaired) electrons. The smallest absolute Gasteiger partial charge is 0.469 e. The third-order valence-corrected chi connectivity index (χ3v) is 11.5. The topological polar surface area (TPSA) is 97.4 Å². The minimum atomic E-state index is -0.730. The lowest BCUT2D eigenvalue weighted by Gasteiger charge is -2.57. The Morgan fingerprint density at radius 3 is 2.32 bits per heavy atom. The van der Waals surface area contributed by atoms with Crippen molar-refractivity contribution in [2.75, 3.05) is 21.3 Å². The molecule has 0 amide bonds. The third-order valence-electron chi connectivity index (χ3n) is 11.5. The van der Waals surface area contributed by atoms with Crippen molar-refractivity contribution in [2.45, 2.75) is 104 Å². The summed E-state index contributed by atoms with van der Waals surface area (Å²) in [5.74, 6) is 1.86. The van der Waals surface area contributed by atoms with Gasteiger partial charge in [0.2, 0.25) is 0 Å². The second-order valence-electron chi connectivity index (χ2n) is 13.2. The normalized spacial score (nSPS) is 35.3. The van der Waals surface area contributed by atoms with Crippen LogP contribution in [0.2, 0.25) is 0 Å². The first-order chi connectivity index (χ1) is 19.5. The molecule has 4 aliphatic carbocycles. The highest BCUT2D eigenvalue weighted by molar-refractivity contribution is 5.69. The van der Waals surface area contributed by atoms with Gasteiger partial charge in [-0.1, -0.05) is 63.8 Å². The van der Waals surface area contributed by atoms with Gasteiger partial charge in [0.1, 0.15) is 12.2 Å². The van der Waals surface area contributed by atoms with Crippen LogP contribution in [0.1, 0.15) is 91.9 Å². The first-order valence-electron chi connectivity index (χ1n) is 15.5. The molecule has 0 aromatic heterocycles. The van der Waals surface area contributed by atoms with Crippen LogP contribution in [-0.2, 0) is 28.5 Å². The zero-order chi connectivity index (χ0) is 29.9. The number of rotatable bonds is 9. The van der Waals surface area contributed by atoms with Crippen LogP contribution in [0.5, 0.6) is 0 Å². The van der Waals surface area contributed by atoms with Gasteiger partial charge in [-0.15, -0.1) is 0 Å². The van der Waals surface area contributed by atoms with E-state index in [1.165, 1.54) is 26.9 Å². The van der Waals surface area contributed by atoms with Gasteiger partial charge in [-0.25, -0.2) is 9.59 Å². The lowest BCUT2D eigenvalue weighted by atomic mass is 9.49. The maximum absolute atomic E-state index is 12.4. The van der Waals surface area contributed by atoms with Crippen molar-refractivity contribution in [2.24, 2.45) is 40.4 Å². The van der Waals surface area contributed by atoms with Gasteiger partial charge in [0.25, 0.3) is 0 Å². The standard InChI is InChI=1S/C33H50O8/c1-8-9-10-21(17-29(34)37-5)20(2)25-13-14-26-24-12-11-22-18-23(40-30(35)38-6)19-28(41-31(36)39-7)33(22,4)27(24)15-16-32(25,26)3/h11-12,20-21,23,25-28H,8-10,13-19H2,1-7H3/t20-,21+,23+,25+,26-,27-,28-,32+,33-/m0/s1. The van der Waals surface area contributed by atoms with Crippen LogP contribution < -0.4 is 0 Å². The summed E-state index contributed by atoms with van der Waals surface area (Å²) in [6.07, 6.45) is 11.3. The zero-order valence-corrected chi connectivity index (χ0v) is 26.0. The summed E-state index contributed by atoms with van der Waals surface area (Å²) in [5, 5.41) is 0. The zero-order valence-electron chi connectivity index (χ0n) is 26.0. The van der Waals surface area contributed by atoms with Gasteiger partial charge in [0.05, 0.1) is 21.3 Å². The van der Waals surface area contributed by atoms with Gasteiger partial charge in [0.15, 0.2) is 0 Å². The third kappa shape index (κ3) is 5.90. The van der Waals surface area contributed by atoms with Crippen molar-refractivity contribution in [3.63, 3.8) is 0 Å². The van der Waals surface area contributed by atoms with Gasteiger partial charge in [0, 0.05) is 24.7 Å². The van der Waals surface area contributed by atoms with Gasteiger partial charge < -0.3 is 23.7 Å². The molecule has 0 unspecified atom stereocenters. The molecule has 8 nitrogen and oxygen atoms in total. The number of esters is 1. The Bertz CT molecular complexity index is 1050. The predicted molar refractivity (Wildman–Crippen MR) is 154 cm³/mol. The average Bonchev–Trinajstić information content (AvgIpc) is 3.32. The minimum Gasteiger partial charge on any atom is -0.469 e. The summed E-state index contributed by atoms with van der Waals surface area (Å²) in [6, 6.07) is 0. The maximum atomic E-state index is 12.4. The molecule has 0 saturated heterocycles. The largest absolute Gasteiger partial charge is 0.508 e. The Balaban J connectivity index is 1.62. The molecule has 0 aliphatic heterocycles. The highest BCUT2D eigenvalue weighted by atomic mass is 16.7. The molecule has 9 atom stereocenters. The van der Waals surface area contributed by atoms with E-state index in [1.54, 1.807) is 0 Å². The number of hydrogen-bond donors (Lipinski definition) is 0. The summed E-state index contributed by atoms with van der Waals surface area (Å²) in [5.41, 5.74) is 2.34. The molecule has 0 heterocycles. The fraction of sp³-hybridized carbons (Fsp3) is 0.788. The van der Waals surface area contributed by atoms with Crippen molar-refractivity contribution in [3.05, 3.63) is 23.3 Å². The van der Waals surface area contributed by atoms with Crippen LogP contribution in [0.15, 0.2) is 23.3 Å². The molecule has 0 bridgehead atoms. The number of fused-ring (bicyclic) bond motifs is 5.